The van der Waals surface area contributed by atoms with Crippen LogP contribution >= 0.6 is 12.4 Å². The third-order valence-corrected chi connectivity index (χ3v) is 3.31. The Balaban J connectivity index is 0.00000242. The van der Waals surface area contributed by atoms with Crippen molar-refractivity contribution in [3.05, 3.63) is 18.3 Å². The number of carbonyl (C=O) groups excluding carboxylic acids is 2. The van der Waals surface area contributed by atoms with Gasteiger partial charge < -0.3 is 21.3 Å². The fourth-order valence-electron chi connectivity index (χ4n) is 2.16. The first-order valence-electron chi connectivity index (χ1n) is 7.14. The Bertz CT molecular complexity index is 508. The second-order valence-electron chi connectivity index (χ2n) is 5.06. The quantitative estimate of drug-likeness (QED) is 0.731. The van der Waals surface area contributed by atoms with Crippen molar-refractivity contribution in [1.29, 1.82) is 0 Å². The number of halogens is 1. The van der Waals surface area contributed by atoms with Gasteiger partial charge in [0.1, 0.15) is 5.82 Å². The average Bonchev–Trinajstić information content (AvgIpc) is 2.48. The zero-order valence-electron chi connectivity index (χ0n) is 12.5. The first kappa shape index (κ1) is 18.2. The minimum absolute atomic E-state index is 0. The van der Waals surface area contributed by atoms with Gasteiger partial charge in [-0.3, -0.25) is 9.59 Å². The maximum Gasteiger partial charge on any atom is 0.241 e. The van der Waals surface area contributed by atoms with Gasteiger partial charge in [0.05, 0.1) is 24.5 Å². The number of nitrogens with zero attached hydrogens (tertiary/aromatic N) is 2. The number of nitrogens with one attached hydrogen (secondary N) is 2. The van der Waals surface area contributed by atoms with E-state index in [4.69, 9.17) is 5.73 Å². The van der Waals surface area contributed by atoms with Crippen molar-refractivity contribution in [3.8, 4) is 0 Å². The number of hydrogen-bond donors (Lipinski definition) is 3. The number of hydrogen-bond acceptors (Lipinski definition) is 5. The first-order chi connectivity index (χ1) is 10.1. The highest BCUT2D eigenvalue weighted by Gasteiger charge is 2.17. The van der Waals surface area contributed by atoms with Gasteiger partial charge >= 0.3 is 0 Å². The number of pyridine rings is 1. The third kappa shape index (κ3) is 4.85. The van der Waals surface area contributed by atoms with Crippen LogP contribution in [0.4, 0.5) is 11.5 Å². The molecule has 8 heteroatoms. The molecule has 122 valence electrons. The summed E-state index contributed by atoms with van der Waals surface area (Å²) in [6.07, 6.45) is 3.10. The zero-order valence-corrected chi connectivity index (χ0v) is 13.4. The maximum absolute atomic E-state index is 11.8. The molecule has 1 aliphatic rings. The minimum atomic E-state index is -0.500. The summed E-state index contributed by atoms with van der Waals surface area (Å²) < 4.78 is 0. The summed E-state index contributed by atoms with van der Waals surface area (Å²) in [6.45, 7) is 3.63. The molecule has 2 rings (SSSR count). The summed E-state index contributed by atoms with van der Waals surface area (Å²) in [6, 6.07) is 3.06. The van der Waals surface area contributed by atoms with E-state index in [1.54, 1.807) is 18.3 Å². The van der Waals surface area contributed by atoms with Gasteiger partial charge in [-0.15, -0.1) is 12.4 Å². The van der Waals surface area contributed by atoms with Crippen LogP contribution in [-0.4, -0.2) is 42.5 Å². The summed E-state index contributed by atoms with van der Waals surface area (Å²) in [5.74, 6) is 0.510. The lowest BCUT2D eigenvalue weighted by atomic mass is 10.1. The molecule has 0 spiro atoms. The molecule has 1 aliphatic heterocycles. The summed E-state index contributed by atoms with van der Waals surface area (Å²) in [4.78, 5) is 29.3. The number of nitrogens with two attached hydrogens (primary N) is 1. The molecular weight excluding hydrogens is 306 g/mol. The molecule has 1 aromatic rings. The molecule has 22 heavy (non-hydrogen) atoms. The van der Waals surface area contributed by atoms with Crippen molar-refractivity contribution in [1.82, 2.24) is 10.3 Å². The molecule has 1 aromatic heterocycles. The van der Waals surface area contributed by atoms with Crippen LogP contribution in [-0.2, 0) is 9.59 Å². The Morgan fingerprint density at radius 1 is 1.55 bits per heavy atom. The highest BCUT2D eigenvalue weighted by Crippen LogP contribution is 2.15. The molecular formula is C14H22ClN5O2. The Hall–Kier alpha value is -1.86. The maximum atomic E-state index is 11.8. The number of aromatic nitrogens is 1. The lowest BCUT2D eigenvalue weighted by Crippen LogP contribution is -2.48. The van der Waals surface area contributed by atoms with Crippen LogP contribution in [0.2, 0.25) is 0 Å². The fourth-order valence-corrected chi connectivity index (χ4v) is 2.16. The minimum Gasteiger partial charge on any atom is -0.353 e. The molecule has 1 unspecified atom stereocenters. The predicted octanol–water partition coefficient (Wildman–Crippen LogP) is 0.506. The number of anilines is 2. The summed E-state index contributed by atoms with van der Waals surface area (Å²) >= 11 is 0. The van der Waals surface area contributed by atoms with Crippen molar-refractivity contribution in [3.63, 3.8) is 0 Å². The van der Waals surface area contributed by atoms with Crippen molar-refractivity contribution in [2.45, 2.75) is 25.8 Å². The van der Waals surface area contributed by atoms with Gasteiger partial charge in [-0.1, -0.05) is 13.3 Å². The molecule has 0 aliphatic carbocycles. The van der Waals surface area contributed by atoms with E-state index in [2.05, 4.69) is 15.6 Å². The van der Waals surface area contributed by atoms with E-state index < -0.39 is 6.04 Å². The van der Waals surface area contributed by atoms with Gasteiger partial charge in [0.15, 0.2) is 0 Å². The van der Waals surface area contributed by atoms with Crippen LogP contribution in [0, 0.1) is 0 Å². The van der Waals surface area contributed by atoms with E-state index in [1.165, 1.54) is 0 Å². The SMILES string of the molecule is CCCC(N)C(=O)Nc1ccc(N2CCNC(=O)C2)nc1.Cl. The standard InChI is InChI=1S/C14H21N5O2.ClH/c1-2-3-11(15)14(21)18-10-4-5-12(17-8-10)19-7-6-16-13(20)9-19;/h4-5,8,11H,2-3,6-7,9,15H2,1H3,(H,16,20)(H,18,21);1H. The number of carbonyl (C=O) groups is 2. The topological polar surface area (TPSA) is 100 Å². The molecule has 0 saturated carbocycles. The van der Waals surface area contributed by atoms with Gasteiger partial charge in [-0.25, -0.2) is 4.98 Å². The molecule has 0 radical (unpaired) electrons. The zero-order chi connectivity index (χ0) is 15.2. The Morgan fingerprint density at radius 3 is 2.91 bits per heavy atom. The second kappa shape index (κ2) is 8.55. The van der Waals surface area contributed by atoms with Crippen LogP contribution in [0.25, 0.3) is 0 Å². The number of piperazine rings is 1. The lowest BCUT2D eigenvalue weighted by Gasteiger charge is -2.27. The molecule has 0 bridgehead atoms. The average molecular weight is 328 g/mol. The summed E-state index contributed by atoms with van der Waals surface area (Å²) in [7, 11) is 0. The highest BCUT2D eigenvalue weighted by molar-refractivity contribution is 5.94. The molecule has 1 fully saturated rings. The monoisotopic (exact) mass is 327 g/mol. The molecule has 7 nitrogen and oxygen atoms in total. The van der Waals surface area contributed by atoms with Crippen LogP contribution in [0.15, 0.2) is 18.3 Å². The number of amides is 2. The predicted molar refractivity (Wildman–Crippen MR) is 88.2 cm³/mol. The third-order valence-electron chi connectivity index (χ3n) is 3.31. The Morgan fingerprint density at radius 2 is 2.32 bits per heavy atom. The molecule has 4 N–H and O–H groups in total. The Labute approximate surface area is 136 Å². The second-order valence-corrected chi connectivity index (χ2v) is 5.06. The molecule has 0 aromatic carbocycles. The molecule has 1 saturated heterocycles. The molecule has 1 atom stereocenters. The van der Waals surface area contributed by atoms with E-state index >= 15 is 0 Å². The van der Waals surface area contributed by atoms with Crippen molar-refractivity contribution >= 4 is 35.7 Å². The van der Waals surface area contributed by atoms with Gasteiger partial charge in [0, 0.05) is 13.1 Å². The van der Waals surface area contributed by atoms with Gasteiger partial charge in [0.25, 0.3) is 0 Å². The van der Waals surface area contributed by atoms with E-state index in [0.717, 1.165) is 18.8 Å². The fraction of sp³-hybridized carbons (Fsp3) is 0.500. The molecule has 2 heterocycles. The normalized spacial score (nSPS) is 15.5. The number of rotatable bonds is 5. The molecule has 2 amide bonds. The van der Waals surface area contributed by atoms with Crippen LogP contribution in [0.5, 0.6) is 0 Å². The van der Waals surface area contributed by atoms with E-state index in [0.29, 0.717) is 25.2 Å². The summed E-state index contributed by atoms with van der Waals surface area (Å²) in [5.41, 5.74) is 6.36. The van der Waals surface area contributed by atoms with Crippen molar-refractivity contribution in [2.24, 2.45) is 5.73 Å². The van der Waals surface area contributed by atoms with E-state index in [9.17, 15) is 9.59 Å². The van der Waals surface area contributed by atoms with E-state index in [1.807, 2.05) is 11.8 Å². The summed E-state index contributed by atoms with van der Waals surface area (Å²) in [5, 5.41) is 5.51. The Kier molecular flexibility index (Phi) is 7.07. The van der Waals surface area contributed by atoms with Crippen molar-refractivity contribution in [2.75, 3.05) is 29.9 Å². The van der Waals surface area contributed by atoms with Gasteiger partial charge in [-0.05, 0) is 18.6 Å². The van der Waals surface area contributed by atoms with Gasteiger partial charge in [0.2, 0.25) is 11.8 Å². The van der Waals surface area contributed by atoms with Crippen LogP contribution in [0.3, 0.4) is 0 Å². The highest BCUT2D eigenvalue weighted by atomic mass is 35.5. The van der Waals surface area contributed by atoms with Crippen molar-refractivity contribution < 1.29 is 9.59 Å². The smallest absolute Gasteiger partial charge is 0.241 e. The lowest BCUT2D eigenvalue weighted by molar-refractivity contribution is -0.120. The van der Waals surface area contributed by atoms with Crippen LogP contribution < -0.4 is 21.3 Å². The van der Waals surface area contributed by atoms with E-state index in [-0.39, 0.29) is 24.2 Å². The van der Waals surface area contributed by atoms with Gasteiger partial charge in [-0.2, -0.15) is 0 Å². The first-order valence-corrected chi connectivity index (χ1v) is 7.14. The largest absolute Gasteiger partial charge is 0.353 e. The van der Waals surface area contributed by atoms with Crippen LogP contribution in [0.1, 0.15) is 19.8 Å².